The maximum absolute atomic E-state index is 13.4. The molecule has 2 rings (SSSR count). The largest absolute Gasteiger partial charge is 0.390 e. The Morgan fingerprint density at radius 1 is 1.29 bits per heavy atom. The summed E-state index contributed by atoms with van der Waals surface area (Å²) >= 11 is 0. The molecule has 1 saturated heterocycles. The minimum Gasteiger partial charge on any atom is -0.390 e. The zero-order valence-electron chi connectivity index (χ0n) is 14.9. The number of likely N-dealkylation sites (N-methyl/N-ethyl adjacent to an activating group) is 2. The maximum atomic E-state index is 13.4. The van der Waals surface area contributed by atoms with Crippen LogP contribution in [0.2, 0.25) is 0 Å². The minimum absolute atomic E-state index is 0.0751. The molecule has 0 bridgehead atoms. The first-order chi connectivity index (χ1) is 11.4. The summed E-state index contributed by atoms with van der Waals surface area (Å²) < 4.78 is 26.8. The maximum Gasteiger partial charge on any atom is 0.126 e. The second kappa shape index (κ2) is 8.88. The van der Waals surface area contributed by atoms with Crippen LogP contribution in [0.15, 0.2) is 18.2 Å². The smallest absolute Gasteiger partial charge is 0.126 e. The first kappa shape index (κ1) is 19.3. The van der Waals surface area contributed by atoms with E-state index in [0.29, 0.717) is 17.9 Å². The highest BCUT2D eigenvalue weighted by molar-refractivity contribution is 5.19. The molecule has 0 spiro atoms. The van der Waals surface area contributed by atoms with Gasteiger partial charge in [0.15, 0.2) is 0 Å². The molecule has 1 unspecified atom stereocenters. The molecule has 1 fully saturated rings. The molecule has 0 aromatic heterocycles. The van der Waals surface area contributed by atoms with Gasteiger partial charge in [-0.05, 0) is 63.5 Å². The fourth-order valence-electron chi connectivity index (χ4n) is 3.91. The van der Waals surface area contributed by atoms with Gasteiger partial charge in [0.05, 0.1) is 6.10 Å². The third-order valence-corrected chi connectivity index (χ3v) is 5.28. The zero-order chi connectivity index (χ0) is 17.7. The summed E-state index contributed by atoms with van der Waals surface area (Å²) in [6, 6.07) is 3.39. The SMILES string of the molecule is CCCC1CCN(C)[C@@H]([C@@H](O)[C@H](Cc2cc(F)cc(F)c2)NC)C1. The fourth-order valence-corrected chi connectivity index (χ4v) is 3.91. The number of nitrogens with zero attached hydrogens (tertiary/aromatic N) is 1. The van der Waals surface area contributed by atoms with Crippen molar-refractivity contribution >= 4 is 0 Å². The normalized spacial score (nSPS) is 24.8. The molecular formula is C19H30F2N2O. The molecule has 0 aliphatic carbocycles. The van der Waals surface area contributed by atoms with Crippen LogP contribution >= 0.6 is 0 Å². The lowest BCUT2D eigenvalue weighted by molar-refractivity contribution is 0.00235. The summed E-state index contributed by atoms with van der Waals surface area (Å²) in [6.45, 7) is 3.18. The summed E-state index contributed by atoms with van der Waals surface area (Å²) in [5.74, 6) is -0.505. The zero-order valence-corrected chi connectivity index (χ0v) is 14.9. The van der Waals surface area contributed by atoms with Crippen molar-refractivity contribution in [2.45, 2.75) is 57.2 Å². The minimum atomic E-state index is -0.578. The Kier molecular flexibility index (Phi) is 7.14. The topological polar surface area (TPSA) is 35.5 Å². The van der Waals surface area contributed by atoms with Crippen molar-refractivity contribution in [3.63, 3.8) is 0 Å². The van der Waals surface area contributed by atoms with Gasteiger partial charge >= 0.3 is 0 Å². The first-order valence-electron chi connectivity index (χ1n) is 8.95. The van der Waals surface area contributed by atoms with E-state index in [9.17, 15) is 13.9 Å². The third-order valence-electron chi connectivity index (χ3n) is 5.28. The molecule has 1 aliphatic heterocycles. The molecule has 136 valence electrons. The summed E-state index contributed by atoms with van der Waals surface area (Å²) in [4.78, 5) is 2.22. The number of aliphatic hydroxyl groups is 1. The van der Waals surface area contributed by atoms with Crippen LogP contribution in [-0.2, 0) is 6.42 Å². The summed E-state index contributed by atoms with van der Waals surface area (Å²) in [7, 11) is 3.83. The summed E-state index contributed by atoms with van der Waals surface area (Å²) in [6.07, 6.45) is 4.32. The fraction of sp³-hybridized carbons (Fsp3) is 0.684. The van der Waals surface area contributed by atoms with Crippen molar-refractivity contribution in [1.82, 2.24) is 10.2 Å². The van der Waals surface area contributed by atoms with Gasteiger partial charge in [-0.2, -0.15) is 0 Å². The van der Waals surface area contributed by atoms with E-state index in [2.05, 4.69) is 17.1 Å². The van der Waals surface area contributed by atoms with Gasteiger partial charge < -0.3 is 15.3 Å². The van der Waals surface area contributed by atoms with Crippen molar-refractivity contribution in [2.24, 2.45) is 5.92 Å². The average Bonchev–Trinajstić information content (AvgIpc) is 2.53. The highest BCUT2D eigenvalue weighted by atomic mass is 19.1. The van der Waals surface area contributed by atoms with Crippen molar-refractivity contribution in [1.29, 1.82) is 0 Å². The van der Waals surface area contributed by atoms with E-state index in [0.717, 1.165) is 25.5 Å². The van der Waals surface area contributed by atoms with Gasteiger partial charge in [0.1, 0.15) is 11.6 Å². The Balaban J connectivity index is 2.07. The first-order valence-corrected chi connectivity index (χ1v) is 8.95. The second-order valence-electron chi connectivity index (χ2n) is 7.09. The van der Waals surface area contributed by atoms with Gasteiger partial charge in [0.2, 0.25) is 0 Å². The van der Waals surface area contributed by atoms with Crippen LogP contribution in [0.25, 0.3) is 0 Å². The molecule has 2 N–H and O–H groups in total. The number of nitrogens with one attached hydrogen (secondary N) is 1. The van der Waals surface area contributed by atoms with E-state index in [1.807, 2.05) is 7.05 Å². The van der Waals surface area contributed by atoms with E-state index in [4.69, 9.17) is 0 Å². The molecule has 1 aromatic rings. The summed E-state index contributed by atoms with van der Waals surface area (Å²) in [5.41, 5.74) is 0.564. The number of halogens is 2. The molecule has 1 aromatic carbocycles. The number of rotatable bonds is 7. The van der Waals surface area contributed by atoms with Crippen molar-refractivity contribution in [2.75, 3.05) is 20.6 Å². The quantitative estimate of drug-likeness (QED) is 0.801. The van der Waals surface area contributed by atoms with E-state index in [1.165, 1.54) is 25.0 Å². The molecule has 24 heavy (non-hydrogen) atoms. The Morgan fingerprint density at radius 2 is 1.96 bits per heavy atom. The molecule has 0 amide bonds. The highest BCUT2D eigenvalue weighted by Crippen LogP contribution is 2.28. The third kappa shape index (κ3) is 4.98. The number of aliphatic hydroxyl groups excluding tert-OH is 1. The standard InChI is InChI=1S/C19H30F2N2O/c1-4-5-13-6-7-23(3)18(11-13)19(24)17(22-2)10-14-8-15(20)12-16(21)9-14/h8-9,12-13,17-19,22,24H,4-7,10-11H2,1-3H3/t13?,17-,18+,19-/m0/s1. The van der Waals surface area contributed by atoms with Crippen LogP contribution in [0.4, 0.5) is 8.78 Å². The van der Waals surface area contributed by atoms with Gasteiger partial charge in [-0.25, -0.2) is 8.78 Å². The highest BCUT2D eigenvalue weighted by Gasteiger charge is 2.34. The lowest BCUT2D eigenvalue weighted by Gasteiger charge is -2.42. The summed E-state index contributed by atoms with van der Waals surface area (Å²) in [5, 5.41) is 14.0. The van der Waals surface area contributed by atoms with Crippen molar-refractivity contribution in [3.05, 3.63) is 35.4 Å². The van der Waals surface area contributed by atoms with Crippen LogP contribution < -0.4 is 5.32 Å². The number of piperidine rings is 1. The predicted molar refractivity (Wildman–Crippen MR) is 93.0 cm³/mol. The van der Waals surface area contributed by atoms with Crippen LogP contribution in [0, 0.1) is 17.6 Å². The number of likely N-dealkylation sites (tertiary alicyclic amines) is 1. The van der Waals surface area contributed by atoms with E-state index >= 15 is 0 Å². The second-order valence-corrected chi connectivity index (χ2v) is 7.09. The monoisotopic (exact) mass is 340 g/mol. The predicted octanol–water partition coefficient (Wildman–Crippen LogP) is 2.97. The van der Waals surface area contributed by atoms with E-state index < -0.39 is 17.7 Å². The van der Waals surface area contributed by atoms with Gasteiger partial charge in [0.25, 0.3) is 0 Å². The molecule has 0 saturated carbocycles. The van der Waals surface area contributed by atoms with Crippen molar-refractivity contribution in [3.8, 4) is 0 Å². The Bertz CT molecular complexity index is 506. The number of hydrogen-bond acceptors (Lipinski definition) is 3. The Morgan fingerprint density at radius 3 is 2.54 bits per heavy atom. The molecule has 5 heteroatoms. The average molecular weight is 340 g/mol. The van der Waals surface area contributed by atoms with Crippen LogP contribution in [0.5, 0.6) is 0 Å². The van der Waals surface area contributed by atoms with Crippen LogP contribution in [0.1, 0.15) is 38.2 Å². The van der Waals surface area contributed by atoms with E-state index in [1.54, 1.807) is 7.05 Å². The Labute approximate surface area is 144 Å². The van der Waals surface area contributed by atoms with E-state index in [-0.39, 0.29) is 12.1 Å². The molecule has 3 nitrogen and oxygen atoms in total. The lowest BCUT2D eigenvalue weighted by atomic mass is 9.83. The van der Waals surface area contributed by atoms with Crippen LogP contribution in [0.3, 0.4) is 0 Å². The lowest BCUT2D eigenvalue weighted by Crippen LogP contribution is -2.54. The molecular weight excluding hydrogens is 310 g/mol. The molecule has 4 atom stereocenters. The molecule has 0 radical (unpaired) electrons. The number of hydrogen-bond donors (Lipinski definition) is 2. The van der Waals surface area contributed by atoms with Gasteiger partial charge in [-0.3, -0.25) is 0 Å². The molecule has 1 aliphatic rings. The number of benzene rings is 1. The Hall–Kier alpha value is -1.04. The van der Waals surface area contributed by atoms with Gasteiger partial charge in [-0.15, -0.1) is 0 Å². The van der Waals surface area contributed by atoms with Crippen molar-refractivity contribution < 1.29 is 13.9 Å². The molecule has 1 heterocycles. The van der Waals surface area contributed by atoms with Gasteiger partial charge in [0, 0.05) is 18.2 Å². The van der Waals surface area contributed by atoms with Gasteiger partial charge in [-0.1, -0.05) is 19.8 Å². The van der Waals surface area contributed by atoms with Crippen LogP contribution in [-0.4, -0.2) is 48.8 Å².